The molecule has 0 aromatic carbocycles. The fourth-order valence-corrected chi connectivity index (χ4v) is 0.221. The molecule has 13 nitrogen and oxygen atoms in total. The van der Waals surface area contributed by atoms with Gasteiger partial charge in [-0.1, -0.05) is 39.5 Å². The normalized spacial score (nSPS) is 7.95. The SMILES string of the molecule is C=C(C)C(=O)O.C=C(C)C(=O)O.C=C(C)C(=O)O.C=C(C)C(=O)O.C=C(C)C(=O)OOOC(=O)C(=C)C. The lowest BCUT2D eigenvalue weighted by Crippen LogP contribution is -2.11. The van der Waals surface area contributed by atoms with Crippen LogP contribution < -0.4 is 0 Å². The van der Waals surface area contributed by atoms with Gasteiger partial charge in [-0.05, 0) is 41.5 Å². The van der Waals surface area contributed by atoms with Crippen molar-refractivity contribution in [2.24, 2.45) is 0 Å². The van der Waals surface area contributed by atoms with E-state index in [2.05, 4.69) is 54.3 Å². The van der Waals surface area contributed by atoms with Crippen LogP contribution in [-0.2, 0) is 43.6 Å². The Morgan fingerprint density at radius 2 is 0.541 bits per heavy atom. The summed E-state index contributed by atoms with van der Waals surface area (Å²) < 4.78 is 0. The van der Waals surface area contributed by atoms with Gasteiger partial charge in [0.1, 0.15) is 0 Å². The standard InChI is InChI=1S/C8H10O5.4C4H6O2/c1-5(2)7(9)11-13-12-8(10)6(3)4;4*1-3(2)4(5)6/h1,3H2,2,4H3;4*1H2,2H3,(H,5,6). The van der Waals surface area contributed by atoms with Crippen molar-refractivity contribution in [2.45, 2.75) is 41.5 Å². The van der Waals surface area contributed by atoms with Gasteiger partial charge < -0.3 is 20.4 Å². The van der Waals surface area contributed by atoms with E-state index >= 15 is 0 Å². The maximum absolute atomic E-state index is 10.6. The molecule has 0 fully saturated rings. The van der Waals surface area contributed by atoms with E-state index < -0.39 is 35.8 Å². The van der Waals surface area contributed by atoms with Crippen molar-refractivity contribution in [1.82, 2.24) is 0 Å². The van der Waals surface area contributed by atoms with Crippen LogP contribution in [0.5, 0.6) is 0 Å². The van der Waals surface area contributed by atoms with Crippen molar-refractivity contribution in [3.05, 3.63) is 72.9 Å². The third kappa shape index (κ3) is 41.9. The van der Waals surface area contributed by atoms with E-state index in [1.165, 1.54) is 41.5 Å². The molecule has 0 aliphatic carbocycles. The zero-order valence-electron chi connectivity index (χ0n) is 21.7. The van der Waals surface area contributed by atoms with E-state index in [-0.39, 0.29) is 33.4 Å². The number of carboxylic acid groups (broad SMARTS) is 4. The number of hydrogen-bond donors (Lipinski definition) is 4. The first-order valence-corrected chi connectivity index (χ1v) is 9.48. The molecule has 13 heteroatoms. The van der Waals surface area contributed by atoms with Crippen LogP contribution in [0.2, 0.25) is 0 Å². The monoisotopic (exact) mass is 530 g/mol. The lowest BCUT2D eigenvalue weighted by atomic mass is 10.4. The van der Waals surface area contributed by atoms with Crippen LogP contribution in [0, 0.1) is 0 Å². The molecule has 0 bridgehead atoms. The quantitative estimate of drug-likeness (QED) is 0.201. The van der Waals surface area contributed by atoms with Crippen molar-refractivity contribution in [3.63, 3.8) is 0 Å². The smallest absolute Gasteiger partial charge is 0.372 e. The Labute approximate surface area is 214 Å². The summed E-state index contributed by atoms with van der Waals surface area (Å²) >= 11 is 0. The fraction of sp³-hybridized carbons (Fsp3) is 0.250. The first kappa shape index (κ1) is 42.4. The fourth-order valence-electron chi connectivity index (χ4n) is 0.221. The summed E-state index contributed by atoms with van der Waals surface area (Å²) in [4.78, 5) is 67.7. The van der Waals surface area contributed by atoms with Crippen molar-refractivity contribution in [2.75, 3.05) is 0 Å². The Bertz CT molecular complexity index is 751. The molecule has 0 spiro atoms. The van der Waals surface area contributed by atoms with Crippen LogP contribution in [0.15, 0.2) is 72.9 Å². The van der Waals surface area contributed by atoms with E-state index in [0.717, 1.165) is 0 Å². The maximum atomic E-state index is 10.6. The van der Waals surface area contributed by atoms with Gasteiger partial charge in [0.05, 0.1) is 0 Å². The van der Waals surface area contributed by atoms with Gasteiger partial charge in [-0.2, -0.15) is 0 Å². The molecule has 0 saturated heterocycles. The van der Waals surface area contributed by atoms with E-state index in [9.17, 15) is 28.8 Å². The molecule has 0 unspecified atom stereocenters. The van der Waals surface area contributed by atoms with Crippen LogP contribution in [0.25, 0.3) is 0 Å². The number of aliphatic carboxylic acids is 4. The molecule has 0 atom stereocenters. The van der Waals surface area contributed by atoms with Crippen LogP contribution in [0.1, 0.15) is 41.5 Å². The van der Waals surface area contributed by atoms with Crippen LogP contribution in [-0.4, -0.2) is 56.2 Å². The zero-order chi connectivity index (χ0) is 31.0. The number of hydrogen-bond acceptors (Lipinski definition) is 9. The predicted molar refractivity (Wildman–Crippen MR) is 133 cm³/mol. The van der Waals surface area contributed by atoms with Gasteiger partial charge in [0.25, 0.3) is 0 Å². The van der Waals surface area contributed by atoms with E-state index in [1.807, 2.05) is 0 Å². The molecule has 0 aromatic heterocycles. The van der Waals surface area contributed by atoms with Gasteiger partial charge >= 0.3 is 35.8 Å². The topological polar surface area (TPSA) is 211 Å². The van der Waals surface area contributed by atoms with Gasteiger partial charge in [0, 0.05) is 38.5 Å². The lowest BCUT2D eigenvalue weighted by molar-refractivity contribution is -0.456. The molecule has 0 amide bonds. The van der Waals surface area contributed by atoms with Crippen LogP contribution in [0.3, 0.4) is 0 Å². The third-order valence-corrected chi connectivity index (χ3v) is 2.38. The van der Waals surface area contributed by atoms with Crippen molar-refractivity contribution < 1.29 is 64.0 Å². The molecule has 0 aromatic rings. The summed E-state index contributed by atoms with van der Waals surface area (Å²) in [5.74, 6) is -5.36. The third-order valence-electron chi connectivity index (χ3n) is 2.38. The Morgan fingerprint density at radius 1 is 0.405 bits per heavy atom. The van der Waals surface area contributed by atoms with E-state index in [4.69, 9.17) is 20.4 Å². The van der Waals surface area contributed by atoms with Crippen LogP contribution >= 0.6 is 0 Å². The molecule has 0 radical (unpaired) electrons. The molecule has 0 rings (SSSR count). The molecular formula is C24H34O13. The maximum Gasteiger partial charge on any atom is 0.372 e. The Kier molecular flexibility index (Phi) is 27.9. The minimum atomic E-state index is -0.935. The number of rotatable bonds is 8. The van der Waals surface area contributed by atoms with Crippen LogP contribution in [0.4, 0.5) is 0 Å². The number of carbonyl (C=O) groups excluding carboxylic acids is 2. The average Bonchev–Trinajstić information content (AvgIpc) is 2.74. The minimum Gasteiger partial charge on any atom is -0.478 e. The van der Waals surface area contributed by atoms with E-state index in [0.29, 0.717) is 0 Å². The molecule has 4 N–H and O–H groups in total. The van der Waals surface area contributed by atoms with Gasteiger partial charge in [0.2, 0.25) is 0 Å². The highest BCUT2D eigenvalue weighted by Crippen LogP contribution is 1.97. The van der Waals surface area contributed by atoms with Gasteiger partial charge in [0.15, 0.2) is 0 Å². The summed E-state index contributed by atoms with van der Waals surface area (Å²) in [6, 6.07) is 0. The highest BCUT2D eigenvalue weighted by atomic mass is 17.5. The first-order chi connectivity index (χ1) is 16.5. The molecule has 0 heterocycles. The highest BCUT2D eigenvalue weighted by Gasteiger charge is 2.09. The lowest BCUT2D eigenvalue weighted by Gasteiger charge is -2.00. The average molecular weight is 531 g/mol. The predicted octanol–water partition coefficient (Wildman–Crippen LogP) is 3.66. The molecular weight excluding hydrogens is 496 g/mol. The van der Waals surface area contributed by atoms with Crippen molar-refractivity contribution >= 4 is 35.8 Å². The Hall–Kier alpha value is -4.78. The summed E-state index contributed by atoms with van der Waals surface area (Å²) in [6.45, 7) is 27.8. The van der Waals surface area contributed by atoms with Crippen molar-refractivity contribution in [3.8, 4) is 0 Å². The molecule has 37 heavy (non-hydrogen) atoms. The summed E-state index contributed by atoms with van der Waals surface area (Å²) in [5.41, 5.74) is 0.966. The number of carbonyl (C=O) groups is 6. The molecule has 0 aliphatic heterocycles. The van der Waals surface area contributed by atoms with Crippen molar-refractivity contribution in [1.29, 1.82) is 0 Å². The zero-order valence-corrected chi connectivity index (χ0v) is 21.7. The van der Waals surface area contributed by atoms with Gasteiger partial charge in [-0.3, -0.25) is 9.78 Å². The van der Waals surface area contributed by atoms with Gasteiger partial charge in [-0.15, -0.1) is 0 Å². The molecule has 0 saturated carbocycles. The number of carboxylic acids is 4. The first-order valence-electron chi connectivity index (χ1n) is 9.48. The molecule has 208 valence electrons. The summed E-state index contributed by atoms with van der Waals surface area (Å²) in [6.07, 6.45) is 0. The summed E-state index contributed by atoms with van der Waals surface area (Å²) in [7, 11) is 0. The molecule has 0 aliphatic rings. The summed E-state index contributed by atoms with van der Waals surface area (Å²) in [5, 5.41) is 35.4. The second-order valence-corrected chi connectivity index (χ2v) is 6.71. The highest BCUT2D eigenvalue weighted by molar-refractivity contribution is 5.87. The Morgan fingerprint density at radius 3 is 0.622 bits per heavy atom. The van der Waals surface area contributed by atoms with Gasteiger partial charge in [-0.25, -0.2) is 28.8 Å². The largest absolute Gasteiger partial charge is 0.478 e. The second-order valence-electron chi connectivity index (χ2n) is 6.71. The second kappa shape index (κ2) is 24.3. The van der Waals surface area contributed by atoms with E-state index in [1.54, 1.807) is 0 Å². The Balaban J connectivity index is -0.000000122. The minimum absolute atomic E-state index is 0.131.